The van der Waals surface area contributed by atoms with Crippen LogP contribution in [0.2, 0.25) is 0 Å². The number of halogens is 2. The van der Waals surface area contributed by atoms with E-state index in [1.807, 2.05) is 0 Å². The molecule has 1 N–H and O–H groups in total. The van der Waals surface area contributed by atoms with Crippen molar-refractivity contribution in [3.63, 3.8) is 0 Å². The first kappa shape index (κ1) is 8.50. The minimum atomic E-state index is -1.74. The van der Waals surface area contributed by atoms with E-state index in [4.69, 9.17) is 16.7 Å². The van der Waals surface area contributed by atoms with Gasteiger partial charge in [0.2, 0.25) is 5.63 Å². The first-order chi connectivity index (χ1) is 5.22. The summed E-state index contributed by atoms with van der Waals surface area (Å²) >= 11 is 5.05. The van der Waals surface area contributed by atoms with Gasteiger partial charge in [-0.05, 0) is 5.56 Å². The van der Waals surface area contributed by atoms with E-state index in [1.165, 1.54) is 0 Å². The molecule has 0 aliphatic heterocycles. The van der Waals surface area contributed by atoms with Gasteiger partial charge in [-0.15, -0.1) is 0 Å². The van der Waals surface area contributed by atoms with Crippen LogP contribution in [0.25, 0.3) is 0 Å². The van der Waals surface area contributed by atoms with Gasteiger partial charge in [0.15, 0.2) is 0 Å². The molecule has 11 heavy (non-hydrogen) atoms. The molecule has 0 fully saturated rings. The molecule has 0 amide bonds. The predicted molar refractivity (Wildman–Crippen MR) is 42.2 cm³/mol. The highest BCUT2D eigenvalue weighted by Gasteiger charge is 2.15. The fraction of sp³-hybridized carbons (Fsp3) is 0.250. The van der Waals surface area contributed by atoms with Crippen LogP contribution < -0.4 is 0 Å². The summed E-state index contributed by atoms with van der Waals surface area (Å²) in [5.74, 6) is 0. The second-order valence-electron chi connectivity index (χ2n) is 2.19. The number of rotatable bonds is 2. The standard InChI is InChI=1S/C8H8ClFO/c9-8(10)7(11)6-4-2-1-3-5-6/h1-5,7-8,11H/t7-,8?/m1/s1. The SMILES string of the molecule is O[C@H](c1ccccc1)C(F)Cl. The van der Waals surface area contributed by atoms with Crippen LogP contribution in [-0.4, -0.2) is 10.7 Å². The average molecular weight is 175 g/mol. The Hall–Kier alpha value is -0.600. The van der Waals surface area contributed by atoms with E-state index in [0.29, 0.717) is 5.56 Å². The molecule has 1 nitrogen and oxygen atoms in total. The van der Waals surface area contributed by atoms with Gasteiger partial charge in [0, 0.05) is 0 Å². The molecule has 0 spiro atoms. The van der Waals surface area contributed by atoms with Crippen molar-refractivity contribution in [1.82, 2.24) is 0 Å². The molecule has 1 rings (SSSR count). The maximum absolute atomic E-state index is 12.3. The van der Waals surface area contributed by atoms with E-state index >= 15 is 0 Å². The molecule has 1 aromatic rings. The molecular formula is C8H8ClFO. The highest BCUT2D eigenvalue weighted by Crippen LogP contribution is 2.20. The number of benzene rings is 1. The fourth-order valence-corrected chi connectivity index (χ4v) is 0.941. The van der Waals surface area contributed by atoms with E-state index in [-0.39, 0.29) is 0 Å². The summed E-state index contributed by atoms with van der Waals surface area (Å²) < 4.78 is 12.3. The van der Waals surface area contributed by atoms with Crippen LogP contribution in [0.1, 0.15) is 11.7 Å². The Bertz CT molecular complexity index is 213. The summed E-state index contributed by atoms with van der Waals surface area (Å²) in [6.45, 7) is 0. The maximum atomic E-state index is 12.3. The molecule has 0 radical (unpaired) electrons. The number of aliphatic hydroxyl groups is 1. The van der Waals surface area contributed by atoms with Gasteiger partial charge in [-0.25, -0.2) is 4.39 Å². The third-order valence-electron chi connectivity index (χ3n) is 1.38. The Morgan fingerprint density at radius 2 is 1.82 bits per heavy atom. The molecule has 0 aliphatic carbocycles. The number of hydrogen-bond acceptors (Lipinski definition) is 1. The van der Waals surface area contributed by atoms with Crippen LogP contribution in [0.4, 0.5) is 4.39 Å². The molecule has 3 heteroatoms. The van der Waals surface area contributed by atoms with E-state index in [1.54, 1.807) is 30.3 Å². The van der Waals surface area contributed by atoms with Gasteiger partial charge in [0.05, 0.1) is 0 Å². The molecule has 0 bridgehead atoms. The van der Waals surface area contributed by atoms with Gasteiger partial charge in [-0.3, -0.25) is 0 Å². The second-order valence-corrected chi connectivity index (χ2v) is 2.61. The molecule has 0 heterocycles. The Labute approximate surface area is 69.4 Å². The van der Waals surface area contributed by atoms with Gasteiger partial charge in [0.1, 0.15) is 6.10 Å². The highest BCUT2D eigenvalue weighted by atomic mass is 35.5. The van der Waals surface area contributed by atoms with Crippen molar-refractivity contribution in [3.05, 3.63) is 35.9 Å². The molecule has 1 unspecified atom stereocenters. The highest BCUT2D eigenvalue weighted by molar-refractivity contribution is 6.20. The summed E-state index contributed by atoms with van der Waals surface area (Å²) in [5.41, 5.74) is -1.24. The van der Waals surface area contributed by atoms with E-state index in [9.17, 15) is 4.39 Å². The van der Waals surface area contributed by atoms with Gasteiger partial charge in [-0.2, -0.15) is 0 Å². The molecule has 60 valence electrons. The van der Waals surface area contributed by atoms with Crippen molar-refractivity contribution in [2.75, 3.05) is 0 Å². The lowest BCUT2D eigenvalue weighted by atomic mass is 10.1. The topological polar surface area (TPSA) is 20.2 Å². The van der Waals surface area contributed by atoms with Crippen LogP contribution in [0.3, 0.4) is 0 Å². The summed E-state index contributed by atoms with van der Waals surface area (Å²) in [5, 5.41) is 9.09. The zero-order valence-electron chi connectivity index (χ0n) is 5.74. The minimum absolute atomic E-state index is 0.495. The van der Waals surface area contributed by atoms with Crippen LogP contribution in [-0.2, 0) is 0 Å². The van der Waals surface area contributed by atoms with Crippen molar-refractivity contribution in [1.29, 1.82) is 0 Å². The lowest BCUT2D eigenvalue weighted by molar-refractivity contribution is 0.120. The fourth-order valence-electron chi connectivity index (χ4n) is 0.796. The van der Waals surface area contributed by atoms with Crippen molar-refractivity contribution >= 4 is 11.6 Å². The molecule has 0 saturated carbocycles. The van der Waals surface area contributed by atoms with Crippen molar-refractivity contribution in [2.24, 2.45) is 0 Å². The Morgan fingerprint density at radius 3 is 2.27 bits per heavy atom. The Balaban J connectivity index is 2.77. The van der Waals surface area contributed by atoms with Crippen LogP contribution in [0.15, 0.2) is 30.3 Å². The smallest absolute Gasteiger partial charge is 0.203 e. The maximum Gasteiger partial charge on any atom is 0.203 e. The third kappa shape index (κ3) is 2.17. The van der Waals surface area contributed by atoms with Gasteiger partial charge >= 0.3 is 0 Å². The first-order valence-corrected chi connectivity index (χ1v) is 3.66. The van der Waals surface area contributed by atoms with Crippen LogP contribution >= 0.6 is 11.6 Å². The van der Waals surface area contributed by atoms with E-state index in [2.05, 4.69) is 0 Å². The quantitative estimate of drug-likeness (QED) is 0.682. The molecule has 0 aromatic heterocycles. The Morgan fingerprint density at radius 1 is 1.27 bits per heavy atom. The van der Waals surface area contributed by atoms with Gasteiger partial charge < -0.3 is 5.11 Å². The molecule has 0 saturated heterocycles. The summed E-state index contributed by atoms with van der Waals surface area (Å²) in [7, 11) is 0. The molecule has 1 aromatic carbocycles. The zero-order chi connectivity index (χ0) is 8.27. The summed E-state index contributed by atoms with van der Waals surface area (Å²) in [4.78, 5) is 0. The minimum Gasteiger partial charge on any atom is -0.384 e. The average Bonchev–Trinajstić information content (AvgIpc) is 2.05. The predicted octanol–water partition coefficient (Wildman–Crippen LogP) is 2.25. The largest absolute Gasteiger partial charge is 0.384 e. The van der Waals surface area contributed by atoms with Gasteiger partial charge in [0.25, 0.3) is 0 Å². The lowest BCUT2D eigenvalue weighted by Gasteiger charge is -2.09. The van der Waals surface area contributed by atoms with E-state index < -0.39 is 11.7 Å². The van der Waals surface area contributed by atoms with Crippen LogP contribution in [0, 0.1) is 0 Å². The van der Waals surface area contributed by atoms with E-state index in [0.717, 1.165) is 0 Å². The molecular weight excluding hydrogens is 167 g/mol. The van der Waals surface area contributed by atoms with Crippen molar-refractivity contribution < 1.29 is 9.50 Å². The molecule has 2 atom stereocenters. The monoisotopic (exact) mass is 174 g/mol. The third-order valence-corrected chi connectivity index (χ3v) is 1.62. The normalized spacial score (nSPS) is 15.9. The number of alkyl halides is 2. The summed E-state index contributed by atoms with van der Waals surface area (Å²) in [6.07, 6.45) is -1.22. The second kappa shape index (κ2) is 3.69. The lowest BCUT2D eigenvalue weighted by Crippen LogP contribution is -2.06. The van der Waals surface area contributed by atoms with Gasteiger partial charge in [-0.1, -0.05) is 41.9 Å². The van der Waals surface area contributed by atoms with Crippen molar-refractivity contribution in [3.8, 4) is 0 Å². The Kier molecular flexibility index (Phi) is 2.85. The zero-order valence-corrected chi connectivity index (χ0v) is 6.50. The number of aliphatic hydroxyl groups excluding tert-OH is 1. The summed E-state index contributed by atoms with van der Waals surface area (Å²) in [6, 6.07) is 8.48. The molecule has 0 aliphatic rings. The first-order valence-electron chi connectivity index (χ1n) is 3.23. The number of hydrogen-bond donors (Lipinski definition) is 1. The van der Waals surface area contributed by atoms with Crippen molar-refractivity contribution in [2.45, 2.75) is 11.7 Å². The van der Waals surface area contributed by atoms with Crippen LogP contribution in [0.5, 0.6) is 0 Å².